The Balaban J connectivity index is 2.08. The van der Waals surface area contributed by atoms with Crippen LogP contribution < -0.4 is 10.6 Å². The van der Waals surface area contributed by atoms with Gasteiger partial charge in [-0.25, -0.2) is 13.2 Å². The summed E-state index contributed by atoms with van der Waals surface area (Å²) in [6.45, 7) is 1.32. The first kappa shape index (κ1) is 21.1. The molecule has 0 aromatic heterocycles. The van der Waals surface area contributed by atoms with Crippen LogP contribution in [-0.2, 0) is 19.4 Å². The van der Waals surface area contributed by atoms with E-state index in [9.17, 15) is 27.9 Å². The van der Waals surface area contributed by atoms with Gasteiger partial charge in [0.1, 0.15) is 6.04 Å². The largest absolute Gasteiger partial charge is 0.480 e. The molecular formula is C19H20N2O6S. The van der Waals surface area contributed by atoms with E-state index in [2.05, 4.69) is 10.6 Å². The number of carbonyl (C=O) groups is 3. The summed E-state index contributed by atoms with van der Waals surface area (Å²) < 4.78 is 24.6. The second-order valence-electron chi connectivity index (χ2n) is 6.05. The summed E-state index contributed by atoms with van der Waals surface area (Å²) in [5.74, 6) is -2.77. The van der Waals surface area contributed by atoms with Crippen molar-refractivity contribution in [2.24, 2.45) is 0 Å². The first-order chi connectivity index (χ1) is 13.2. The van der Waals surface area contributed by atoms with Crippen LogP contribution in [0.15, 0.2) is 59.5 Å². The van der Waals surface area contributed by atoms with Crippen molar-refractivity contribution >= 4 is 33.3 Å². The van der Waals surface area contributed by atoms with Crippen LogP contribution >= 0.6 is 0 Å². The molecule has 2 rings (SSSR count). The molecule has 2 aromatic rings. The minimum atomic E-state index is -3.67. The third-order valence-corrected chi connectivity index (χ3v) is 5.59. The van der Waals surface area contributed by atoms with Crippen molar-refractivity contribution in [3.05, 3.63) is 60.2 Å². The lowest BCUT2D eigenvalue weighted by Gasteiger charge is -2.15. The summed E-state index contributed by atoms with van der Waals surface area (Å²) in [6, 6.07) is 12.3. The van der Waals surface area contributed by atoms with Gasteiger partial charge in [-0.1, -0.05) is 24.3 Å². The van der Waals surface area contributed by atoms with Crippen LogP contribution in [0.3, 0.4) is 0 Å². The fraction of sp³-hybridized carbons (Fsp3) is 0.211. The maximum Gasteiger partial charge on any atom is 0.326 e. The third kappa shape index (κ3) is 5.92. The Morgan fingerprint density at radius 3 is 2.32 bits per heavy atom. The number of amides is 2. The average molecular weight is 404 g/mol. The zero-order valence-corrected chi connectivity index (χ0v) is 15.9. The van der Waals surface area contributed by atoms with Gasteiger partial charge in [-0.3, -0.25) is 9.59 Å². The summed E-state index contributed by atoms with van der Waals surface area (Å²) in [7, 11) is -3.67. The van der Waals surface area contributed by atoms with Crippen molar-refractivity contribution < 1.29 is 27.9 Å². The second-order valence-corrected chi connectivity index (χ2v) is 8.16. The first-order valence-corrected chi connectivity index (χ1v) is 10.0. The molecule has 0 unspecified atom stereocenters. The molecule has 0 aliphatic rings. The van der Waals surface area contributed by atoms with Gasteiger partial charge in [-0.15, -0.1) is 0 Å². The van der Waals surface area contributed by atoms with Crippen LogP contribution in [0.25, 0.3) is 0 Å². The van der Waals surface area contributed by atoms with Gasteiger partial charge in [0.05, 0.1) is 10.6 Å². The van der Waals surface area contributed by atoms with E-state index in [4.69, 9.17) is 0 Å². The Labute approximate surface area is 162 Å². The van der Waals surface area contributed by atoms with Crippen molar-refractivity contribution in [3.63, 3.8) is 0 Å². The SMILES string of the molecule is CC(=O)Nc1cccc(C(=O)N[C@@H](CCS(=O)(=O)c2ccccc2)C(=O)O)c1. The van der Waals surface area contributed by atoms with Gasteiger partial charge >= 0.3 is 5.97 Å². The number of carbonyl (C=O) groups excluding carboxylic acids is 2. The Hall–Kier alpha value is -3.20. The molecule has 0 fully saturated rings. The van der Waals surface area contributed by atoms with Crippen LogP contribution in [-0.4, -0.2) is 43.1 Å². The van der Waals surface area contributed by atoms with Gasteiger partial charge in [0.15, 0.2) is 9.84 Å². The topological polar surface area (TPSA) is 130 Å². The molecule has 2 amide bonds. The third-order valence-electron chi connectivity index (χ3n) is 3.83. The van der Waals surface area contributed by atoms with Crippen molar-refractivity contribution in [2.45, 2.75) is 24.3 Å². The van der Waals surface area contributed by atoms with Gasteiger partial charge in [0, 0.05) is 18.2 Å². The van der Waals surface area contributed by atoms with E-state index in [1.54, 1.807) is 24.3 Å². The van der Waals surface area contributed by atoms with Crippen molar-refractivity contribution in [3.8, 4) is 0 Å². The van der Waals surface area contributed by atoms with Crippen molar-refractivity contribution in [1.82, 2.24) is 5.32 Å². The predicted molar refractivity (Wildman–Crippen MR) is 103 cm³/mol. The van der Waals surface area contributed by atoms with E-state index in [-0.39, 0.29) is 22.8 Å². The minimum Gasteiger partial charge on any atom is -0.480 e. The van der Waals surface area contributed by atoms with Crippen LogP contribution in [0.5, 0.6) is 0 Å². The number of benzene rings is 2. The number of anilines is 1. The lowest BCUT2D eigenvalue weighted by Crippen LogP contribution is -2.42. The highest BCUT2D eigenvalue weighted by Crippen LogP contribution is 2.14. The van der Waals surface area contributed by atoms with Gasteiger partial charge in [0.25, 0.3) is 5.91 Å². The number of hydrogen-bond acceptors (Lipinski definition) is 5. The second kappa shape index (κ2) is 9.14. The molecule has 0 aliphatic carbocycles. The standard InChI is InChI=1S/C19H20N2O6S/c1-13(22)20-15-7-5-6-14(12-15)18(23)21-17(19(24)25)10-11-28(26,27)16-8-3-2-4-9-16/h2-9,12,17H,10-11H2,1H3,(H,20,22)(H,21,23)(H,24,25)/t17-/m0/s1. The molecular weight excluding hydrogens is 384 g/mol. The summed E-state index contributed by atoms with van der Waals surface area (Å²) in [5, 5.41) is 14.2. The zero-order valence-electron chi connectivity index (χ0n) is 15.1. The molecule has 2 aromatic carbocycles. The fourth-order valence-corrected chi connectivity index (χ4v) is 3.81. The number of aliphatic carboxylic acids is 1. The van der Waals surface area contributed by atoms with Gasteiger partial charge in [-0.2, -0.15) is 0 Å². The van der Waals surface area contributed by atoms with Crippen LogP contribution in [0.1, 0.15) is 23.7 Å². The Morgan fingerprint density at radius 1 is 1.04 bits per heavy atom. The van der Waals surface area contributed by atoms with Crippen LogP contribution in [0, 0.1) is 0 Å². The number of rotatable bonds is 8. The summed E-state index contributed by atoms with van der Waals surface area (Å²) in [6.07, 6.45) is -0.288. The average Bonchev–Trinajstić information content (AvgIpc) is 2.65. The number of sulfone groups is 1. The first-order valence-electron chi connectivity index (χ1n) is 8.38. The fourth-order valence-electron chi connectivity index (χ4n) is 2.46. The molecule has 0 saturated heterocycles. The molecule has 8 nitrogen and oxygen atoms in total. The lowest BCUT2D eigenvalue weighted by molar-refractivity contribution is -0.139. The lowest BCUT2D eigenvalue weighted by atomic mass is 10.1. The maximum absolute atomic E-state index is 12.4. The molecule has 1 atom stereocenters. The number of hydrogen-bond donors (Lipinski definition) is 3. The van der Waals surface area contributed by atoms with E-state index >= 15 is 0 Å². The molecule has 0 spiro atoms. The normalized spacial score (nSPS) is 12.0. The molecule has 28 heavy (non-hydrogen) atoms. The van der Waals surface area contributed by atoms with E-state index in [0.29, 0.717) is 5.69 Å². The van der Waals surface area contributed by atoms with Crippen molar-refractivity contribution in [1.29, 1.82) is 0 Å². The smallest absolute Gasteiger partial charge is 0.326 e. The van der Waals surface area contributed by atoms with E-state index < -0.39 is 33.5 Å². The monoisotopic (exact) mass is 404 g/mol. The number of nitrogens with one attached hydrogen (secondary N) is 2. The summed E-state index contributed by atoms with van der Waals surface area (Å²) in [5.41, 5.74) is 0.530. The Bertz CT molecular complexity index is 973. The summed E-state index contributed by atoms with van der Waals surface area (Å²) in [4.78, 5) is 35.0. The van der Waals surface area contributed by atoms with Gasteiger partial charge < -0.3 is 15.7 Å². The number of carboxylic acids is 1. The Morgan fingerprint density at radius 2 is 1.71 bits per heavy atom. The van der Waals surface area contributed by atoms with E-state index in [0.717, 1.165) is 0 Å². The summed E-state index contributed by atoms with van der Waals surface area (Å²) >= 11 is 0. The highest BCUT2D eigenvalue weighted by atomic mass is 32.2. The molecule has 3 N–H and O–H groups in total. The van der Waals surface area contributed by atoms with Gasteiger partial charge in [-0.05, 0) is 36.8 Å². The molecule has 0 bridgehead atoms. The highest BCUT2D eigenvalue weighted by Gasteiger charge is 2.24. The van der Waals surface area contributed by atoms with Gasteiger partial charge in [0.2, 0.25) is 5.91 Å². The molecule has 0 radical (unpaired) electrons. The molecule has 0 heterocycles. The number of carboxylic acid groups (broad SMARTS) is 1. The maximum atomic E-state index is 12.4. The molecule has 148 valence electrons. The van der Waals surface area contributed by atoms with Crippen LogP contribution in [0.2, 0.25) is 0 Å². The minimum absolute atomic E-state index is 0.0912. The quantitative estimate of drug-likeness (QED) is 0.614. The molecule has 9 heteroatoms. The molecule has 0 aliphatic heterocycles. The van der Waals surface area contributed by atoms with Crippen LogP contribution in [0.4, 0.5) is 5.69 Å². The zero-order chi connectivity index (χ0) is 20.7. The predicted octanol–water partition coefficient (Wildman–Crippen LogP) is 1.69. The van der Waals surface area contributed by atoms with E-state index in [1.807, 2.05) is 0 Å². The molecule has 0 saturated carbocycles. The van der Waals surface area contributed by atoms with E-state index in [1.165, 1.54) is 37.3 Å². The Kier molecular flexibility index (Phi) is 6.89. The highest BCUT2D eigenvalue weighted by molar-refractivity contribution is 7.91. The van der Waals surface area contributed by atoms with Crippen molar-refractivity contribution in [2.75, 3.05) is 11.1 Å².